The number of aromatic nitrogens is 4. The number of hydrogen-bond acceptors (Lipinski definition) is 9. The van der Waals surface area contributed by atoms with Gasteiger partial charge in [0.2, 0.25) is 27.7 Å². The molecule has 2 aromatic heterocycles. The van der Waals surface area contributed by atoms with Gasteiger partial charge >= 0.3 is 0 Å². The second-order valence-corrected chi connectivity index (χ2v) is 13.5. The van der Waals surface area contributed by atoms with E-state index in [4.69, 9.17) is 4.52 Å². The molecule has 15 heteroatoms. The first-order valence-electron chi connectivity index (χ1n) is 15.1. The van der Waals surface area contributed by atoms with Gasteiger partial charge in [0.25, 0.3) is 0 Å². The van der Waals surface area contributed by atoms with E-state index < -0.39 is 28.0 Å². The Morgan fingerprint density at radius 3 is 2.38 bits per heavy atom. The second-order valence-electron chi connectivity index (χ2n) is 11.6. The van der Waals surface area contributed by atoms with Crippen molar-refractivity contribution < 1.29 is 27.3 Å². The van der Waals surface area contributed by atoms with E-state index >= 15 is 0 Å². The number of nitrogens with one attached hydrogen (secondary N) is 3. The van der Waals surface area contributed by atoms with E-state index in [-0.39, 0.29) is 79.5 Å². The van der Waals surface area contributed by atoms with Crippen molar-refractivity contribution in [3.63, 3.8) is 0 Å². The van der Waals surface area contributed by atoms with Crippen LogP contribution in [0, 0.1) is 26.7 Å². The molecule has 2 atom stereocenters. The molecule has 0 spiro atoms. The lowest BCUT2D eigenvalue weighted by Gasteiger charge is -2.26. The quantitative estimate of drug-likeness (QED) is 0.373. The lowest BCUT2D eigenvalue weighted by Crippen LogP contribution is -2.50. The first-order valence-corrected chi connectivity index (χ1v) is 16.6. The third-order valence-electron chi connectivity index (χ3n) is 7.56. The van der Waals surface area contributed by atoms with Crippen molar-refractivity contribution in [3.05, 3.63) is 59.0 Å². The molecule has 1 aliphatic heterocycles. The smallest absolute Gasteiger partial charge is 0.248 e. The van der Waals surface area contributed by atoms with Gasteiger partial charge in [-0.1, -0.05) is 49.3 Å². The molecule has 0 fully saturated rings. The predicted octanol–water partition coefficient (Wildman–Crippen LogP) is 1.72. The maximum atomic E-state index is 13.8. The van der Waals surface area contributed by atoms with Gasteiger partial charge in [0.1, 0.15) is 29.0 Å². The fourth-order valence-electron chi connectivity index (χ4n) is 5.34. The summed E-state index contributed by atoms with van der Waals surface area (Å²) >= 11 is 0. The fraction of sp³-hybridized carbons (Fsp3) is 0.533. The molecule has 0 unspecified atom stereocenters. The number of aryl methyl sites for hydroxylation is 3. The third kappa shape index (κ3) is 8.54. The van der Waals surface area contributed by atoms with Crippen molar-refractivity contribution >= 4 is 27.7 Å². The minimum Gasteiger partial charge on any atom is -0.360 e. The second kappa shape index (κ2) is 14.8. The first kappa shape index (κ1) is 33.8. The van der Waals surface area contributed by atoms with Gasteiger partial charge in [-0.15, -0.1) is 0 Å². The standard InChI is InChI=1S/C30H42N8O6S/c1-19(2)27-29-32-22(5)35-38(29)18-26(40)31-14-10-16-37(45(42,43)28-20(3)36-44-21(28)4)15-9-13-25(39)33-24(30(41)34-27)17-23-11-7-6-8-12-23/h6-8,11-12,19,24,27H,9-10,13-18H2,1-5H3,(H,31,40)(H,33,39)(H,34,41)/t24-,27+/m1/s1. The molecule has 0 saturated heterocycles. The Morgan fingerprint density at radius 1 is 1.00 bits per heavy atom. The van der Waals surface area contributed by atoms with Crippen LogP contribution in [0.2, 0.25) is 0 Å². The largest absolute Gasteiger partial charge is 0.360 e. The number of sulfonamides is 1. The van der Waals surface area contributed by atoms with Crippen LogP contribution < -0.4 is 16.0 Å². The van der Waals surface area contributed by atoms with Crippen LogP contribution in [-0.4, -0.2) is 76.0 Å². The zero-order chi connectivity index (χ0) is 32.7. The van der Waals surface area contributed by atoms with Crippen LogP contribution in [0.15, 0.2) is 39.8 Å². The minimum absolute atomic E-state index is 0.00786. The van der Waals surface area contributed by atoms with Gasteiger partial charge in [0.15, 0.2) is 11.6 Å². The van der Waals surface area contributed by atoms with Crippen LogP contribution in [-0.2, 0) is 37.4 Å². The van der Waals surface area contributed by atoms with Crippen LogP contribution in [0.5, 0.6) is 0 Å². The zero-order valence-corrected chi connectivity index (χ0v) is 27.2. The van der Waals surface area contributed by atoms with Gasteiger partial charge in [-0.05, 0) is 45.1 Å². The van der Waals surface area contributed by atoms with Crippen molar-refractivity contribution in [1.82, 2.24) is 40.2 Å². The molecule has 0 saturated carbocycles. The van der Waals surface area contributed by atoms with Gasteiger partial charge in [-0.25, -0.2) is 18.1 Å². The van der Waals surface area contributed by atoms with Crippen molar-refractivity contribution in [2.75, 3.05) is 19.6 Å². The summed E-state index contributed by atoms with van der Waals surface area (Å²) in [6, 6.07) is 7.84. The summed E-state index contributed by atoms with van der Waals surface area (Å²) in [6.07, 6.45) is 0.763. The molecule has 244 valence electrons. The van der Waals surface area contributed by atoms with Crippen molar-refractivity contribution in [2.24, 2.45) is 5.92 Å². The molecule has 45 heavy (non-hydrogen) atoms. The van der Waals surface area contributed by atoms with Gasteiger partial charge in [0.05, 0.1) is 6.04 Å². The Hall–Kier alpha value is -4.11. The molecule has 0 radical (unpaired) electrons. The molecule has 0 aliphatic carbocycles. The van der Waals surface area contributed by atoms with Crippen molar-refractivity contribution in [3.8, 4) is 0 Å². The molecule has 3 N–H and O–H groups in total. The molecule has 1 aliphatic rings. The number of amides is 3. The molecule has 1 aromatic carbocycles. The van der Waals surface area contributed by atoms with E-state index in [2.05, 4.69) is 31.2 Å². The highest BCUT2D eigenvalue weighted by atomic mass is 32.2. The topological polar surface area (TPSA) is 181 Å². The molecular formula is C30H42N8O6S. The summed E-state index contributed by atoms with van der Waals surface area (Å²) in [5.74, 6) is -0.187. The summed E-state index contributed by atoms with van der Waals surface area (Å²) in [4.78, 5) is 44.5. The minimum atomic E-state index is -4.01. The van der Waals surface area contributed by atoms with Crippen LogP contribution in [0.1, 0.15) is 67.8 Å². The van der Waals surface area contributed by atoms with Crippen molar-refractivity contribution in [2.45, 2.75) is 83.8 Å². The number of hydrogen-bond donors (Lipinski definition) is 3. The average molecular weight is 643 g/mol. The molecular weight excluding hydrogens is 600 g/mol. The Balaban J connectivity index is 1.64. The lowest BCUT2D eigenvalue weighted by atomic mass is 10.0. The van der Waals surface area contributed by atoms with Gasteiger partial charge in [-0.2, -0.15) is 9.40 Å². The summed E-state index contributed by atoms with van der Waals surface area (Å²) in [5.41, 5.74) is 1.10. The van der Waals surface area contributed by atoms with E-state index in [1.807, 2.05) is 44.2 Å². The van der Waals surface area contributed by atoms with E-state index in [1.54, 1.807) is 13.8 Å². The Labute approximate surface area is 263 Å². The molecule has 0 bridgehead atoms. The van der Waals surface area contributed by atoms with E-state index in [0.29, 0.717) is 18.1 Å². The molecule has 3 aromatic rings. The van der Waals surface area contributed by atoms with Gasteiger partial charge < -0.3 is 20.5 Å². The summed E-state index contributed by atoms with van der Waals surface area (Å²) in [7, 11) is -4.01. The van der Waals surface area contributed by atoms with E-state index in [1.165, 1.54) is 15.9 Å². The molecule has 3 heterocycles. The predicted molar refractivity (Wildman–Crippen MR) is 164 cm³/mol. The Bertz CT molecular complexity index is 1580. The zero-order valence-electron chi connectivity index (χ0n) is 26.4. The highest BCUT2D eigenvalue weighted by Crippen LogP contribution is 2.24. The Morgan fingerprint density at radius 2 is 1.71 bits per heavy atom. The SMILES string of the molecule is Cc1nc2n(n1)CC(=O)NCCCN(S(=O)(=O)c1c(C)noc1C)CCCC(=O)N[C@H](Cc1ccccc1)C(=O)N[C@H]2C(C)C. The summed E-state index contributed by atoms with van der Waals surface area (Å²) < 4.78 is 35.2. The number of rotatable bonds is 5. The molecule has 4 rings (SSSR count). The first-order chi connectivity index (χ1) is 21.4. The number of carbonyl (C=O) groups is 3. The van der Waals surface area contributed by atoms with E-state index in [0.717, 1.165) is 5.56 Å². The number of carbonyl (C=O) groups excluding carboxylic acids is 3. The average Bonchev–Trinajstić information content (AvgIpc) is 3.52. The molecule has 3 amide bonds. The highest BCUT2D eigenvalue weighted by molar-refractivity contribution is 7.89. The van der Waals surface area contributed by atoms with Gasteiger partial charge in [-0.3, -0.25) is 14.4 Å². The van der Waals surface area contributed by atoms with Crippen LogP contribution in [0.4, 0.5) is 0 Å². The van der Waals surface area contributed by atoms with Crippen LogP contribution in [0.3, 0.4) is 0 Å². The van der Waals surface area contributed by atoms with Crippen LogP contribution >= 0.6 is 0 Å². The normalized spacial score (nSPS) is 20.1. The molecule has 14 nitrogen and oxygen atoms in total. The maximum absolute atomic E-state index is 13.8. The summed E-state index contributed by atoms with van der Waals surface area (Å²) in [6.45, 7) is 8.86. The maximum Gasteiger partial charge on any atom is 0.248 e. The lowest BCUT2D eigenvalue weighted by molar-refractivity contribution is -0.129. The van der Waals surface area contributed by atoms with E-state index in [9.17, 15) is 22.8 Å². The summed E-state index contributed by atoms with van der Waals surface area (Å²) in [5, 5.41) is 16.9. The Kier molecular flexibility index (Phi) is 11.1. The third-order valence-corrected chi connectivity index (χ3v) is 9.70. The van der Waals surface area contributed by atoms with Gasteiger partial charge in [0, 0.05) is 32.5 Å². The monoisotopic (exact) mass is 642 g/mol. The van der Waals surface area contributed by atoms with Crippen molar-refractivity contribution in [1.29, 1.82) is 0 Å². The fourth-order valence-corrected chi connectivity index (χ4v) is 7.15. The highest BCUT2D eigenvalue weighted by Gasteiger charge is 2.32. The van der Waals surface area contributed by atoms with Crippen LogP contribution in [0.25, 0.3) is 0 Å². The number of fused-ring (bicyclic) bond motifs is 1. The number of nitrogens with zero attached hydrogens (tertiary/aromatic N) is 5. The number of benzene rings is 1.